The van der Waals surface area contributed by atoms with Gasteiger partial charge in [0.2, 0.25) is 0 Å². The van der Waals surface area contributed by atoms with E-state index in [1.54, 1.807) is 37.3 Å². The number of amides is 1. The second kappa shape index (κ2) is 5.10. The van der Waals surface area contributed by atoms with Gasteiger partial charge in [-0.25, -0.2) is 4.39 Å². The molecule has 0 saturated heterocycles. The lowest BCUT2D eigenvalue weighted by atomic mass is 10.1. The summed E-state index contributed by atoms with van der Waals surface area (Å²) in [4.78, 5) is 12.0. The lowest BCUT2D eigenvalue weighted by Crippen LogP contribution is -2.13. The molecule has 0 radical (unpaired) electrons. The SMILES string of the molecule is Cc1ccc(C(=O)Nc2cccc(N)c2C)cc1F. The maximum Gasteiger partial charge on any atom is 0.255 e. The Morgan fingerprint density at radius 1 is 1.21 bits per heavy atom. The number of nitrogen functional groups attached to an aromatic ring is 1. The van der Waals surface area contributed by atoms with E-state index in [-0.39, 0.29) is 11.5 Å². The number of aryl methyl sites for hydroxylation is 1. The van der Waals surface area contributed by atoms with E-state index >= 15 is 0 Å². The largest absolute Gasteiger partial charge is 0.398 e. The second-order valence-electron chi connectivity index (χ2n) is 4.44. The zero-order chi connectivity index (χ0) is 14.0. The molecule has 2 rings (SSSR count). The summed E-state index contributed by atoms with van der Waals surface area (Å²) in [5.74, 6) is -0.746. The first-order chi connectivity index (χ1) is 8.99. The molecule has 0 atom stereocenters. The third kappa shape index (κ3) is 2.73. The van der Waals surface area contributed by atoms with Gasteiger partial charge < -0.3 is 11.1 Å². The van der Waals surface area contributed by atoms with Gasteiger partial charge in [0.25, 0.3) is 5.91 Å². The predicted molar refractivity (Wildman–Crippen MR) is 74.7 cm³/mol. The van der Waals surface area contributed by atoms with Crippen LogP contribution in [0.3, 0.4) is 0 Å². The molecule has 0 aliphatic heterocycles. The summed E-state index contributed by atoms with van der Waals surface area (Å²) in [6.07, 6.45) is 0. The normalized spacial score (nSPS) is 10.3. The molecule has 98 valence electrons. The van der Waals surface area contributed by atoms with Gasteiger partial charge in [0.1, 0.15) is 5.82 Å². The number of nitrogens with two attached hydrogens (primary N) is 1. The molecular weight excluding hydrogens is 243 g/mol. The standard InChI is InChI=1S/C15H15FN2O/c1-9-6-7-11(8-12(9)16)15(19)18-14-5-3-4-13(17)10(14)2/h3-8H,17H2,1-2H3,(H,18,19). The number of hydrogen-bond acceptors (Lipinski definition) is 2. The van der Waals surface area contributed by atoms with Gasteiger partial charge in [-0.3, -0.25) is 4.79 Å². The van der Waals surface area contributed by atoms with Crippen LogP contribution in [-0.2, 0) is 0 Å². The van der Waals surface area contributed by atoms with E-state index in [0.717, 1.165) is 5.56 Å². The van der Waals surface area contributed by atoms with Crippen molar-refractivity contribution in [3.05, 3.63) is 58.9 Å². The molecule has 0 saturated carbocycles. The van der Waals surface area contributed by atoms with Crippen LogP contribution in [0.1, 0.15) is 21.5 Å². The molecule has 0 fully saturated rings. The zero-order valence-electron chi connectivity index (χ0n) is 10.8. The molecule has 3 nitrogen and oxygen atoms in total. The molecule has 3 N–H and O–H groups in total. The molecule has 19 heavy (non-hydrogen) atoms. The predicted octanol–water partition coefficient (Wildman–Crippen LogP) is 3.28. The van der Waals surface area contributed by atoms with Crippen molar-refractivity contribution >= 4 is 17.3 Å². The van der Waals surface area contributed by atoms with Crippen molar-refractivity contribution < 1.29 is 9.18 Å². The molecule has 2 aromatic carbocycles. The van der Waals surface area contributed by atoms with E-state index in [1.165, 1.54) is 6.07 Å². The summed E-state index contributed by atoms with van der Waals surface area (Å²) in [6, 6.07) is 9.68. The van der Waals surface area contributed by atoms with Gasteiger partial charge in [-0.15, -0.1) is 0 Å². The first kappa shape index (κ1) is 13.1. The van der Waals surface area contributed by atoms with Gasteiger partial charge in [-0.1, -0.05) is 12.1 Å². The number of rotatable bonds is 2. The average Bonchev–Trinajstić information content (AvgIpc) is 2.38. The second-order valence-corrected chi connectivity index (χ2v) is 4.44. The van der Waals surface area contributed by atoms with Crippen molar-refractivity contribution in [3.63, 3.8) is 0 Å². The van der Waals surface area contributed by atoms with E-state index in [9.17, 15) is 9.18 Å². The smallest absolute Gasteiger partial charge is 0.255 e. The van der Waals surface area contributed by atoms with Gasteiger partial charge in [-0.05, 0) is 49.2 Å². The molecule has 0 aliphatic rings. The molecule has 1 amide bonds. The van der Waals surface area contributed by atoms with Crippen molar-refractivity contribution in [2.45, 2.75) is 13.8 Å². The molecule has 0 bridgehead atoms. The van der Waals surface area contributed by atoms with Gasteiger partial charge in [0, 0.05) is 16.9 Å². The van der Waals surface area contributed by atoms with Gasteiger partial charge >= 0.3 is 0 Å². The fraction of sp³-hybridized carbons (Fsp3) is 0.133. The number of benzene rings is 2. The Bertz CT molecular complexity index is 638. The molecule has 0 spiro atoms. The summed E-state index contributed by atoms with van der Waals surface area (Å²) in [5.41, 5.74) is 8.59. The lowest BCUT2D eigenvalue weighted by Gasteiger charge is -2.10. The topological polar surface area (TPSA) is 55.1 Å². The maximum absolute atomic E-state index is 13.4. The molecule has 2 aromatic rings. The number of nitrogens with one attached hydrogen (secondary N) is 1. The lowest BCUT2D eigenvalue weighted by molar-refractivity contribution is 0.102. The van der Waals surface area contributed by atoms with Gasteiger partial charge in [-0.2, -0.15) is 0 Å². The van der Waals surface area contributed by atoms with Crippen molar-refractivity contribution in [1.82, 2.24) is 0 Å². The first-order valence-corrected chi connectivity index (χ1v) is 5.91. The van der Waals surface area contributed by atoms with E-state index in [2.05, 4.69) is 5.32 Å². The summed E-state index contributed by atoms with van der Waals surface area (Å²) in [6.45, 7) is 3.47. The third-order valence-corrected chi connectivity index (χ3v) is 3.06. The Balaban J connectivity index is 2.26. The molecular formula is C15H15FN2O. The Kier molecular flexibility index (Phi) is 3.51. The van der Waals surface area contributed by atoms with E-state index < -0.39 is 5.82 Å². The van der Waals surface area contributed by atoms with Gasteiger partial charge in [0.15, 0.2) is 0 Å². The fourth-order valence-corrected chi connectivity index (χ4v) is 1.72. The summed E-state index contributed by atoms with van der Waals surface area (Å²) in [7, 11) is 0. The highest BCUT2D eigenvalue weighted by Gasteiger charge is 2.10. The highest BCUT2D eigenvalue weighted by Crippen LogP contribution is 2.21. The van der Waals surface area contributed by atoms with Crippen molar-refractivity contribution in [2.24, 2.45) is 0 Å². The Labute approximate surface area is 111 Å². The van der Waals surface area contributed by atoms with E-state index in [1.807, 2.05) is 6.92 Å². The van der Waals surface area contributed by atoms with Gasteiger partial charge in [0.05, 0.1) is 0 Å². The summed E-state index contributed by atoms with van der Waals surface area (Å²) >= 11 is 0. The van der Waals surface area contributed by atoms with Crippen LogP contribution in [0.5, 0.6) is 0 Å². The minimum absolute atomic E-state index is 0.282. The minimum atomic E-state index is -0.392. The van der Waals surface area contributed by atoms with Crippen LogP contribution >= 0.6 is 0 Å². The van der Waals surface area contributed by atoms with E-state index in [4.69, 9.17) is 5.73 Å². The summed E-state index contributed by atoms with van der Waals surface area (Å²) in [5, 5.41) is 2.73. The quantitative estimate of drug-likeness (QED) is 0.812. The van der Waals surface area contributed by atoms with Crippen molar-refractivity contribution in [3.8, 4) is 0 Å². The highest BCUT2D eigenvalue weighted by molar-refractivity contribution is 6.05. The zero-order valence-corrected chi connectivity index (χ0v) is 10.8. The van der Waals surface area contributed by atoms with Crippen LogP contribution in [0.15, 0.2) is 36.4 Å². The van der Waals surface area contributed by atoms with E-state index in [0.29, 0.717) is 16.9 Å². The average molecular weight is 258 g/mol. The highest BCUT2D eigenvalue weighted by atomic mass is 19.1. The van der Waals surface area contributed by atoms with Crippen LogP contribution < -0.4 is 11.1 Å². The number of halogens is 1. The molecule has 0 aliphatic carbocycles. The minimum Gasteiger partial charge on any atom is -0.398 e. The number of carbonyl (C=O) groups is 1. The fourth-order valence-electron chi connectivity index (χ4n) is 1.72. The van der Waals surface area contributed by atoms with Crippen LogP contribution in [0.25, 0.3) is 0 Å². The Hall–Kier alpha value is -2.36. The monoisotopic (exact) mass is 258 g/mol. The molecule has 0 aromatic heterocycles. The number of carbonyl (C=O) groups excluding carboxylic acids is 1. The van der Waals surface area contributed by atoms with Crippen molar-refractivity contribution in [2.75, 3.05) is 11.1 Å². The van der Waals surface area contributed by atoms with Crippen LogP contribution in [0, 0.1) is 19.7 Å². The number of hydrogen-bond donors (Lipinski definition) is 2. The maximum atomic E-state index is 13.4. The molecule has 0 heterocycles. The Morgan fingerprint density at radius 3 is 2.63 bits per heavy atom. The van der Waals surface area contributed by atoms with Crippen molar-refractivity contribution in [1.29, 1.82) is 0 Å². The third-order valence-electron chi connectivity index (χ3n) is 3.06. The Morgan fingerprint density at radius 2 is 1.95 bits per heavy atom. The number of anilines is 2. The molecule has 4 heteroatoms. The molecule has 0 unspecified atom stereocenters. The summed E-state index contributed by atoms with van der Waals surface area (Å²) < 4.78 is 13.4. The van der Waals surface area contributed by atoms with Crippen LogP contribution in [0.4, 0.5) is 15.8 Å². The first-order valence-electron chi connectivity index (χ1n) is 5.91. The van der Waals surface area contributed by atoms with Crippen LogP contribution in [-0.4, -0.2) is 5.91 Å². The van der Waals surface area contributed by atoms with Crippen LogP contribution in [0.2, 0.25) is 0 Å².